The Morgan fingerprint density at radius 3 is 2.31 bits per heavy atom. The maximum Gasteiger partial charge on any atom is 0.304 e. The molecule has 0 fully saturated rings. The van der Waals surface area contributed by atoms with Crippen LogP contribution in [0.2, 0.25) is 0 Å². The smallest absolute Gasteiger partial charge is 0.304 e. The molecule has 0 aromatic heterocycles. The van der Waals surface area contributed by atoms with Crippen LogP contribution in [0.5, 0.6) is 0 Å². The number of nitrogens with one attached hydrogen (secondary N) is 1. The lowest BCUT2D eigenvalue weighted by Gasteiger charge is -2.22. The molecule has 4 heteroatoms. The van der Waals surface area contributed by atoms with Gasteiger partial charge in [-0.15, -0.1) is 0 Å². The quantitative estimate of drug-likeness (QED) is 0.567. The molecule has 4 nitrogen and oxygen atoms in total. The summed E-state index contributed by atoms with van der Waals surface area (Å²) in [5.41, 5.74) is 0. The van der Waals surface area contributed by atoms with Crippen molar-refractivity contribution in [3.05, 3.63) is 0 Å². The van der Waals surface area contributed by atoms with E-state index < -0.39 is 5.97 Å². The number of carbonyl (C=O) groups is 1. The van der Waals surface area contributed by atoms with Gasteiger partial charge in [0.2, 0.25) is 0 Å². The molecule has 0 radical (unpaired) electrons. The topological polar surface area (TPSA) is 69.6 Å². The number of aliphatic hydroxyl groups excluding tert-OH is 1. The van der Waals surface area contributed by atoms with Gasteiger partial charge in [-0.1, -0.05) is 6.92 Å². The predicted molar refractivity (Wildman–Crippen MR) is 50.6 cm³/mol. The van der Waals surface area contributed by atoms with Gasteiger partial charge in [-0.25, -0.2) is 0 Å². The van der Waals surface area contributed by atoms with Crippen LogP contribution in [0.15, 0.2) is 0 Å². The van der Waals surface area contributed by atoms with Gasteiger partial charge in [0.15, 0.2) is 0 Å². The third-order valence-electron chi connectivity index (χ3n) is 2.17. The molecule has 0 rings (SSSR count). The number of hydrogen-bond acceptors (Lipinski definition) is 3. The third-order valence-corrected chi connectivity index (χ3v) is 2.17. The highest BCUT2D eigenvalue weighted by Crippen LogP contribution is 2.03. The zero-order chi connectivity index (χ0) is 10.4. The summed E-state index contributed by atoms with van der Waals surface area (Å²) < 4.78 is 0. The zero-order valence-electron chi connectivity index (χ0n) is 8.45. The molecule has 13 heavy (non-hydrogen) atoms. The first-order chi connectivity index (χ1) is 5.97. The van der Waals surface area contributed by atoms with Crippen molar-refractivity contribution in [1.29, 1.82) is 0 Å². The van der Waals surface area contributed by atoms with Gasteiger partial charge < -0.3 is 15.5 Å². The van der Waals surface area contributed by atoms with Crippen LogP contribution in [0, 0.1) is 5.92 Å². The van der Waals surface area contributed by atoms with Crippen LogP contribution in [0.1, 0.15) is 27.2 Å². The van der Waals surface area contributed by atoms with Gasteiger partial charge in [0.05, 0.1) is 6.42 Å². The van der Waals surface area contributed by atoms with Crippen molar-refractivity contribution in [2.75, 3.05) is 6.61 Å². The van der Waals surface area contributed by atoms with Crippen LogP contribution >= 0.6 is 0 Å². The van der Waals surface area contributed by atoms with Gasteiger partial charge in [0, 0.05) is 18.7 Å². The van der Waals surface area contributed by atoms with E-state index in [1.54, 1.807) is 0 Å². The summed E-state index contributed by atoms with van der Waals surface area (Å²) in [6.07, 6.45) is 0.114. The molecule has 3 N–H and O–H groups in total. The molecule has 0 saturated heterocycles. The van der Waals surface area contributed by atoms with E-state index in [0.717, 1.165) is 0 Å². The molecule has 0 saturated carbocycles. The number of aliphatic carboxylic acids is 1. The first kappa shape index (κ1) is 12.4. The van der Waals surface area contributed by atoms with Crippen LogP contribution in [0.25, 0.3) is 0 Å². The Kier molecular flexibility index (Phi) is 5.66. The number of carboxylic acid groups (broad SMARTS) is 1. The second-order valence-electron chi connectivity index (χ2n) is 3.61. The first-order valence-electron chi connectivity index (χ1n) is 4.56. The van der Waals surface area contributed by atoms with Crippen LogP contribution in [-0.2, 0) is 4.79 Å². The largest absolute Gasteiger partial charge is 0.481 e. The molecular weight excluding hydrogens is 170 g/mol. The van der Waals surface area contributed by atoms with Gasteiger partial charge >= 0.3 is 5.97 Å². The Morgan fingerprint density at radius 1 is 1.38 bits per heavy atom. The van der Waals surface area contributed by atoms with E-state index in [1.165, 1.54) is 0 Å². The molecule has 3 atom stereocenters. The van der Waals surface area contributed by atoms with Crippen LogP contribution in [0.4, 0.5) is 0 Å². The molecule has 0 spiro atoms. The molecule has 0 heterocycles. The Balaban J connectivity index is 3.76. The lowest BCUT2D eigenvalue weighted by molar-refractivity contribution is -0.137. The molecule has 3 unspecified atom stereocenters. The van der Waals surface area contributed by atoms with E-state index in [-0.39, 0.29) is 31.0 Å². The first-order valence-corrected chi connectivity index (χ1v) is 4.56. The molecule has 0 aromatic rings. The number of aliphatic hydroxyl groups is 1. The molecule has 78 valence electrons. The lowest BCUT2D eigenvalue weighted by Crippen LogP contribution is -2.40. The Morgan fingerprint density at radius 2 is 1.92 bits per heavy atom. The van der Waals surface area contributed by atoms with E-state index in [9.17, 15) is 4.79 Å². The van der Waals surface area contributed by atoms with Crippen LogP contribution in [0.3, 0.4) is 0 Å². The Hall–Kier alpha value is -0.610. The third kappa shape index (κ3) is 5.60. The van der Waals surface area contributed by atoms with E-state index in [0.29, 0.717) is 0 Å². The molecule has 0 aliphatic heterocycles. The number of rotatable bonds is 6. The molecule has 0 aliphatic carbocycles. The van der Waals surface area contributed by atoms with E-state index in [4.69, 9.17) is 10.2 Å². The summed E-state index contributed by atoms with van der Waals surface area (Å²) in [6, 6.07) is 0.0841. The van der Waals surface area contributed by atoms with Crippen molar-refractivity contribution in [3.63, 3.8) is 0 Å². The molecule has 0 aromatic carbocycles. The van der Waals surface area contributed by atoms with Gasteiger partial charge in [0.1, 0.15) is 0 Å². The van der Waals surface area contributed by atoms with Crippen LogP contribution in [-0.4, -0.2) is 34.9 Å². The van der Waals surface area contributed by atoms with Gasteiger partial charge in [-0.05, 0) is 19.8 Å². The van der Waals surface area contributed by atoms with Crippen molar-refractivity contribution in [2.24, 2.45) is 5.92 Å². The van der Waals surface area contributed by atoms with Gasteiger partial charge in [-0.2, -0.15) is 0 Å². The SMILES string of the molecule is CC(CC(=O)O)NC(C)C(C)CO. The van der Waals surface area contributed by atoms with Crippen molar-refractivity contribution in [3.8, 4) is 0 Å². The lowest BCUT2D eigenvalue weighted by atomic mass is 10.0. The summed E-state index contributed by atoms with van der Waals surface area (Å²) in [6.45, 7) is 5.81. The maximum absolute atomic E-state index is 10.3. The maximum atomic E-state index is 10.3. The van der Waals surface area contributed by atoms with E-state index in [2.05, 4.69) is 5.32 Å². The standard InChI is InChI=1S/C9H19NO3/c1-6(5-11)8(3)10-7(2)4-9(12)13/h6-8,10-11H,4-5H2,1-3H3,(H,12,13). The zero-order valence-corrected chi connectivity index (χ0v) is 8.45. The highest BCUT2D eigenvalue weighted by molar-refractivity contribution is 5.67. The number of carboxylic acids is 1. The highest BCUT2D eigenvalue weighted by atomic mass is 16.4. The van der Waals surface area contributed by atoms with Crippen molar-refractivity contribution in [2.45, 2.75) is 39.3 Å². The fourth-order valence-corrected chi connectivity index (χ4v) is 1.09. The highest BCUT2D eigenvalue weighted by Gasteiger charge is 2.15. The molecular formula is C9H19NO3. The summed E-state index contributed by atoms with van der Waals surface area (Å²) in [4.78, 5) is 10.3. The van der Waals surface area contributed by atoms with Crippen LogP contribution < -0.4 is 5.32 Å². The minimum Gasteiger partial charge on any atom is -0.481 e. The monoisotopic (exact) mass is 189 g/mol. The summed E-state index contributed by atoms with van der Waals surface area (Å²) in [7, 11) is 0. The minimum absolute atomic E-state index is 0.0542. The Bertz CT molecular complexity index is 161. The fraction of sp³-hybridized carbons (Fsp3) is 0.889. The molecule has 0 aliphatic rings. The fourth-order valence-electron chi connectivity index (χ4n) is 1.09. The Labute approximate surface area is 79.0 Å². The summed E-state index contributed by atoms with van der Waals surface area (Å²) >= 11 is 0. The average molecular weight is 189 g/mol. The van der Waals surface area contributed by atoms with Gasteiger partial charge in [0.25, 0.3) is 0 Å². The summed E-state index contributed by atoms with van der Waals surface area (Å²) in [5.74, 6) is -0.653. The predicted octanol–water partition coefficient (Wildman–Crippen LogP) is 0.456. The normalized spacial score (nSPS) is 17.8. The van der Waals surface area contributed by atoms with Crippen molar-refractivity contribution >= 4 is 5.97 Å². The number of hydrogen-bond donors (Lipinski definition) is 3. The van der Waals surface area contributed by atoms with Crippen molar-refractivity contribution < 1.29 is 15.0 Å². The summed E-state index contributed by atoms with van der Waals surface area (Å²) in [5, 5.41) is 20.5. The second kappa shape index (κ2) is 5.94. The molecule has 0 amide bonds. The second-order valence-corrected chi connectivity index (χ2v) is 3.61. The van der Waals surface area contributed by atoms with E-state index in [1.807, 2.05) is 20.8 Å². The van der Waals surface area contributed by atoms with Gasteiger partial charge in [-0.3, -0.25) is 4.79 Å². The van der Waals surface area contributed by atoms with E-state index >= 15 is 0 Å². The minimum atomic E-state index is -0.802. The van der Waals surface area contributed by atoms with Crippen molar-refractivity contribution in [1.82, 2.24) is 5.32 Å². The molecule has 0 bridgehead atoms. The average Bonchev–Trinajstić information content (AvgIpc) is 2.01.